The van der Waals surface area contributed by atoms with E-state index in [0.717, 1.165) is 5.56 Å². The third kappa shape index (κ3) is 2.37. The number of carbonyl (C=O) groups is 1. The smallest absolute Gasteiger partial charge is 0.371 e. The maximum Gasteiger partial charge on any atom is 0.371 e. The van der Waals surface area contributed by atoms with E-state index in [1.807, 2.05) is 25.1 Å². The molecule has 0 amide bonds. The molecular formula is C13H12O4. The normalized spacial score (nSPS) is 12.4. The molecule has 0 bridgehead atoms. The van der Waals surface area contributed by atoms with Crippen LogP contribution in [0.15, 0.2) is 40.8 Å². The second-order valence-electron chi connectivity index (χ2n) is 3.82. The molecule has 4 heteroatoms. The molecule has 2 rings (SSSR count). The summed E-state index contributed by atoms with van der Waals surface area (Å²) in [5.74, 6) is -1.09. The van der Waals surface area contributed by atoms with E-state index >= 15 is 0 Å². The fourth-order valence-corrected chi connectivity index (χ4v) is 1.62. The van der Waals surface area contributed by atoms with Crippen molar-refractivity contribution in [3.05, 3.63) is 59.0 Å². The van der Waals surface area contributed by atoms with Crippen molar-refractivity contribution >= 4 is 5.97 Å². The number of aliphatic hydroxyl groups excluding tert-OH is 1. The third-order valence-corrected chi connectivity index (χ3v) is 2.46. The fourth-order valence-electron chi connectivity index (χ4n) is 1.62. The predicted octanol–water partition coefficient (Wildman–Crippen LogP) is 2.37. The summed E-state index contributed by atoms with van der Waals surface area (Å²) in [6.07, 6.45) is -0.942. The number of hydrogen-bond donors (Lipinski definition) is 2. The Kier molecular flexibility index (Phi) is 2.97. The number of aliphatic hydroxyl groups is 1. The zero-order valence-electron chi connectivity index (χ0n) is 9.25. The molecule has 1 aromatic carbocycles. The number of aryl methyl sites for hydroxylation is 1. The van der Waals surface area contributed by atoms with Gasteiger partial charge in [0.1, 0.15) is 11.9 Å². The van der Waals surface area contributed by atoms with Crippen LogP contribution in [0.3, 0.4) is 0 Å². The Balaban J connectivity index is 2.30. The molecule has 2 aromatic rings. The van der Waals surface area contributed by atoms with Crippen LogP contribution in [0, 0.1) is 6.92 Å². The standard InChI is InChI=1S/C13H12O4/c1-8-3-2-4-9(7-8)12(14)10-5-6-11(17-10)13(15)16/h2-7,12,14H,1H3,(H,15,16). The van der Waals surface area contributed by atoms with Gasteiger partial charge in [-0.15, -0.1) is 0 Å². The molecule has 88 valence electrons. The lowest BCUT2D eigenvalue weighted by atomic mass is 10.1. The quantitative estimate of drug-likeness (QED) is 0.852. The molecule has 1 heterocycles. The zero-order chi connectivity index (χ0) is 12.4. The molecule has 0 aliphatic rings. The summed E-state index contributed by atoms with van der Waals surface area (Å²) < 4.78 is 5.05. The molecule has 1 aromatic heterocycles. The molecular weight excluding hydrogens is 220 g/mol. The van der Waals surface area contributed by atoms with Crippen LogP contribution in [0.5, 0.6) is 0 Å². The first-order valence-corrected chi connectivity index (χ1v) is 5.15. The molecule has 0 aliphatic carbocycles. The van der Waals surface area contributed by atoms with Crippen molar-refractivity contribution in [3.8, 4) is 0 Å². The topological polar surface area (TPSA) is 70.7 Å². The summed E-state index contributed by atoms with van der Waals surface area (Å²) in [6.45, 7) is 1.92. The van der Waals surface area contributed by atoms with E-state index in [9.17, 15) is 9.90 Å². The largest absolute Gasteiger partial charge is 0.475 e. The minimum Gasteiger partial charge on any atom is -0.475 e. The van der Waals surface area contributed by atoms with E-state index in [1.165, 1.54) is 12.1 Å². The van der Waals surface area contributed by atoms with Crippen molar-refractivity contribution in [1.29, 1.82) is 0 Å². The lowest BCUT2D eigenvalue weighted by molar-refractivity contribution is 0.0655. The van der Waals surface area contributed by atoms with Gasteiger partial charge in [-0.2, -0.15) is 0 Å². The van der Waals surface area contributed by atoms with Crippen LogP contribution in [-0.4, -0.2) is 16.2 Å². The van der Waals surface area contributed by atoms with Crippen LogP contribution < -0.4 is 0 Å². The molecule has 0 radical (unpaired) electrons. The average Bonchev–Trinajstić information content (AvgIpc) is 2.77. The van der Waals surface area contributed by atoms with Crippen molar-refractivity contribution in [2.24, 2.45) is 0 Å². The Morgan fingerprint density at radius 3 is 2.65 bits per heavy atom. The van der Waals surface area contributed by atoms with Crippen LogP contribution >= 0.6 is 0 Å². The SMILES string of the molecule is Cc1cccc(C(O)c2ccc(C(=O)O)o2)c1. The maximum atomic E-state index is 10.7. The number of furan rings is 1. The molecule has 0 saturated carbocycles. The van der Waals surface area contributed by atoms with Gasteiger partial charge in [-0.05, 0) is 24.6 Å². The summed E-state index contributed by atoms with van der Waals surface area (Å²) in [6, 6.07) is 10.1. The highest BCUT2D eigenvalue weighted by atomic mass is 16.4. The van der Waals surface area contributed by atoms with Gasteiger partial charge in [0.05, 0.1) is 0 Å². The van der Waals surface area contributed by atoms with Crippen LogP contribution in [0.4, 0.5) is 0 Å². The Morgan fingerprint density at radius 2 is 2.06 bits per heavy atom. The number of rotatable bonds is 3. The first kappa shape index (κ1) is 11.4. The molecule has 17 heavy (non-hydrogen) atoms. The van der Waals surface area contributed by atoms with Gasteiger partial charge < -0.3 is 14.6 Å². The minimum absolute atomic E-state index is 0.174. The summed E-state index contributed by atoms with van der Waals surface area (Å²) in [7, 11) is 0. The third-order valence-electron chi connectivity index (χ3n) is 2.46. The van der Waals surface area contributed by atoms with Gasteiger partial charge in [0.25, 0.3) is 0 Å². The van der Waals surface area contributed by atoms with Gasteiger partial charge in [-0.3, -0.25) is 0 Å². The Morgan fingerprint density at radius 1 is 1.29 bits per heavy atom. The Labute approximate surface area is 98.1 Å². The van der Waals surface area contributed by atoms with Gasteiger partial charge in [0.15, 0.2) is 0 Å². The van der Waals surface area contributed by atoms with E-state index in [4.69, 9.17) is 9.52 Å². The number of hydrogen-bond acceptors (Lipinski definition) is 3. The second kappa shape index (κ2) is 4.43. The van der Waals surface area contributed by atoms with Crippen LogP contribution in [0.1, 0.15) is 33.5 Å². The van der Waals surface area contributed by atoms with Gasteiger partial charge >= 0.3 is 5.97 Å². The van der Waals surface area contributed by atoms with Crippen LogP contribution in [0.25, 0.3) is 0 Å². The molecule has 2 N–H and O–H groups in total. The summed E-state index contributed by atoms with van der Waals surface area (Å²) in [5, 5.41) is 18.7. The number of carboxylic acids is 1. The molecule has 0 spiro atoms. The lowest BCUT2D eigenvalue weighted by Crippen LogP contribution is -1.98. The van der Waals surface area contributed by atoms with E-state index in [2.05, 4.69) is 0 Å². The molecule has 0 aliphatic heterocycles. The highest BCUT2D eigenvalue weighted by molar-refractivity contribution is 5.84. The lowest BCUT2D eigenvalue weighted by Gasteiger charge is -2.08. The summed E-state index contributed by atoms with van der Waals surface area (Å²) >= 11 is 0. The summed E-state index contributed by atoms with van der Waals surface area (Å²) in [4.78, 5) is 10.7. The van der Waals surface area contributed by atoms with Gasteiger partial charge in [-0.1, -0.05) is 29.8 Å². The van der Waals surface area contributed by atoms with Crippen molar-refractivity contribution in [1.82, 2.24) is 0 Å². The van der Waals surface area contributed by atoms with E-state index in [1.54, 1.807) is 6.07 Å². The van der Waals surface area contributed by atoms with Gasteiger partial charge in [0.2, 0.25) is 5.76 Å². The van der Waals surface area contributed by atoms with Gasteiger partial charge in [-0.25, -0.2) is 4.79 Å². The van der Waals surface area contributed by atoms with Crippen LogP contribution in [0.2, 0.25) is 0 Å². The first-order chi connectivity index (χ1) is 8.08. The maximum absolute atomic E-state index is 10.7. The monoisotopic (exact) mass is 232 g/mol. The molecule has 0 fully saturated rings. The first-order valence-electron chi connectivity index (χ1n) is 5.15. The number of aromatic carboxylic acids is 1. The molecule has 0 saturated heterocycles. The van der Waals surface area contributed by atoms with E-state index in [0.29, 0.717) is 5.56 Å². The zero-order valence-corrected chi connectivity index (χ0v) is 9.25. The van der Waals surface area contributed by atoms with Crippen molar-refractivity contribution in [2.45, 2.75) is 13.0 Å². The minimum atomic E-state index is -1.15. The fraction of sp³-hybridized carbons (Fsp3) is 0.154. The number of carboxylic acid groups (broad SMARTS) is 1. The average molecular weight is 232 g/mol. The predicted molar refractivity (Wildman–Crippen MR) is 60.9 cm³/mol. The van der Waals surface area contributed by atoms with Crippen LogP contribution in [-0.2, 0) is 0 Å². The number of benzene rings is 1. The van der Waals surface area contributed by atoms with Crippen molar-refractivity contribution in [3.63, 3.8) is 0 Å². The highest BCUT2D eigenvalue weighted by Gasteiger charge is 2.17. The Hall–Kier alpha value is -2.07. The molecule has 4 nitrogen and oxygen atoms in total. The Bertz CT molecular complexity index is 542. The van der Waals surface area contributed by atoms with E-state index in [-0.39, 0.29) is 11.5 Å². The van der Waals surface area contributed by atoms with Crippen molar-refractivity contribution in [2.75, 3.05) is 0 Å². The van der Waals surface area contributed by atoms with E-state index < -0.39 is 12.1 Å². The van der Waals surface area contributed by atoms with Crippen molar-refractivity contribution < 1.29 is 19.4 Å². The molecule has 1 atom stereocenters. The highest BCUT2D eigenvalue weighted by Crippen LogP contribution is 2.24. The van der Waals surface area contributed by atoms with Gasteiger partial charge in [0, 0.05) is 0 Å². The summed E-state index contributed by atoms with van der Waals surface area (Å²) in [5.41, 5.74) is 1.70. The molecule has 1 unspecified atom stereocenters. The second-order valence-corrected chi connectivity index (χ2v) is 3.82.